The van der Waals surface area contributed by atoms with Crippen LogP contribution in [-0.4, -0.2) is 54.4 Å². The number of piperidine rings is 1. The molecule has 1 heterocycles. The molecule has 5 nitrogen and oxygen atoms in total. The number of carboxylic acid groups (broad SMARTS) is 1. The summed E-state index contributed by atoms with van der Waals surface area (Å²) >= 11 is 0. The van der Waals surface area contributed by atoms with Gasteiger partial charge in [-0.2, -0.15) is 0 Å². The molecule has 0 aliphatic carbocycles. The third-order valence-electron chi connectivity index (χ3n) is 3.71. The maximum absolute atomic E-state index is 10.9. The highest BCUT2D eigenvalue weighted by atomic mass is 16.5. The van der Waals surface area contributed by atoms with Crippen molar-refractivity contribution in [1.29, 1.82) is 0 Å². The first-order valence-corrected chi connectivity index (χ1v) is 6.14. The zero-order valence-corrected chi connectivity index (χ0v) is 11.0. The van der Waals surface area contributed by atoms with Crippen LogP contribution < -0.4 is 5.73 Å². The van der Waals surface area contributed by atoms with Crippen molar-refractivity contribution in [2.45, 2.75) is 38.3 Å². The first-order chi connectivity index (χ1) is 7.86. The third kappa shape index (κ3) is 3.94. The van der Waals surface area contributed by atoms with Gasteiger partial charge in [0.1, 0.15) is 5.54 Å². The van der Waals surface area contributed by atoms with Crippen LogP contribution in [0.5, 0.6) is 0 Å². The van der Waals surface area contributed by atoms with Gasteiger partial charge >= 0.3 is 5.97 Å². The lowest BCUT2D eigenvalue weighted by atomic mass is 9.94. The van der Waals surface area contributed by atoms with Crippen LogP contribution >= 0.6 is 0 Å². The summed E-state index contributed by atoms with van der Waals surface area (Å²) in [5.74, 6) is -0.369. The van der Waals surface area contributed by atoms with E-state index in [1.807, 2.05) is 0 Å². The molecule has 100 valence electrons. The molecule has 1 aliphatic rings. The van der Waals surface area contributed by atoms with E-state index < -0.39 is 11.5 Å². The first-order valence-electron chi connectivity index (χ1n) is 6.14. The molecule has 17 heavy (non-hydrogen) atoms. The van der Waals surface area contributed by atoms with Crippen molar-refractivity contribution in [3.05, 3.63) is 0 Å². The number of carboxylic acids is 1. The summed E-state index contributed by atoms with van der Waals surface area (Å²) in [5, 5.41) is 8.94. The molecule has 1 aliphatic heterocycles. The minimum absolute atomic E-state index is 0.248. The molecule has 0 radical (unpaired) electrons. The molecule has 1 saturated heterocycles. The molecule has 0 aromatic carbocycles. The van der Waals surface area contributed by atoms with Crippen LogP contribution in [0, 0.1) is 5.92 Å². The smallest absolute Gasteiger partial charge is 0.323 e. The zero-order valence-electron chi connectivity index (χ0n) is 11.0. The van der Waals surface area contributed by atoms with Gasteiger partial charge in [-0.3, -0.25) is 4.79 Å². The second-order valence-electron chi connectivity index (χ2n) is 5.31. The third-order valence-corrected chi connectivity index (χ3v) is 3.71. The van der Waals surface area contributed by atoms with Gasteiger partial charge in [0.25, 0.3) is 0 Å². The van der Waals surface area contributed by atoms with E-state index in [4.69, 9.17) is 15.6 Å². The normalized spacial score (nSPS) is 29.9. The highest BCUT2D eigenvalue weighted by Gasteiger charge is 2.31. The van der Waals surface area contributed by atoms with Gasteiger partial charge in [-0.05, 0) is 32.2 Å². The second kappa shape index (κ2) is 5.80. The van der Waals surface area contributed by atoms with Crippen molar-refractivity contribution in [1.82, 2.24) is 4.90 Å². The van der Waals surface area contributed by atoms with E-state index in [0.717, 1.165) is 19.5 Å². The summed E-state index contributed by atoms with van der Waals surface area (Å²) in [6.45, 7) is 6.33. The van der Waals surface area contributed by atoms with Crippen LogP contribution in [0.1, 0.15) is 26.7 Å². The van der Waals surface area contributed by atoms with Gasteiger partial charge in [-0.1, -0.05) is 6.92 Å². The fourth-order valence-electron chi connectivity index (χ4n) is 2.11. The summed E-state index contributed by atoms with van der Waals surface area (Å²) in [6, 6.07) is 0. The van der Waals surface area contributed by atoms with Crippen molar-refractivity contribution < 1.29 is 14.6 Å². The van der Waals surface area contributed by atoms with E-state index >= 15 is 0 Å². The quantitative estimate of drug-likeness (QED) is 0.738. The average Bonchev–Trinajstić information content (AvgIpc) is 2.28. The predicted octanol–water partition coefficient (Wildman–Crippen LogP) is 0.535. The lowest BCUT2D eigenvalue weighted by molar-refractivity contribution is -0.143. The van der Waals surface area contributed by atoms with Gasteiger partial charge in [-0.25, -0.2) is 0 Å². The number of hydrogen-bond donors (Lipinski definition) is 2. The Kier molecular flexibility index (Phi) is 4.91. The van der Waals surface area contributed by atoms with Crippen molar-refractivity contribution in [2.75, 3.05) is 26.7 Å². The molecular formula is C12H24N2O3. The van der Waals surface area contributed by atoms with Gasteiger partial charge in [0.2, 0.25) is 0 Å². The molecule has 0 bridgehead atoms. The van der Waals surface area contributed by atoms with Crippen LogP contribution in [0.15, 0.2) is 0 Å². The Bertz CT molecular complexity index is 268. The number of hydrogen-bond acceptors (Lipinski definition) is 4. The maximum Gasteiger partial charge on any atom is 0.323 e. The summed E-state index contributed by atoms with van der Waals surface area (Å²) in [7, 11) is 1.73. The van der Waals surface area contributed by atoms with Gasteiger partial charge in [0, 0.05) is 20.2 Å². The van der Waals surface area contributed by atoms with Crippen LogP contribution in [0.2, 0.25) is 0 Å². The molecule has 0 spiro atoms. The number of nitrogens with zero attached hydrogens (tertiary/aromatic N) is 1. The summed E-state index contributed by atoms with van der Waals surface area (Å²) < 4.78 is 5.42. The van der Waals surface area contributed by atoms with Gasteiger partial charge in [0.15, 0.2) is 0 Å². The Morgan fingerprint density at radius 3 is 2.82 bits per heavy atom. The molecule has 0 aromatic heterocycles. The fourth-order valence-corrected chi connectivity index (χ4v) is 2.11. The molecule has 0 aromatic rings. The highest BCUT2D eigenvalue weighted by Crippen LogP contribution is 2.20. The summed E-state index contributed by atoms with van der Waals surface area (Å²) in [4.78, 5) is 13.1. The van der Waals surface area contributed by atoms with Crippen LogP contribution in [0.25, 0.3) is 0 Å². The first kappa shape index (κ1) is 14.4. The number of methoxy groups -OCH3 is 1. The molecule has 0 amide bonds. The SMILES string of the molecule is COC1CN(CCC(C)(N)C(=O)O)CCC1C. The van der Waals surface area contributed by atoms with Crippen molar-refractivity contribution in [2.24, 2.45) is 11.7 Å². The molecule has 3 N–H and O–H groups in total. The van der Waals surface area contributed by atoms with Crippen molar-refractivity contribution >= 4 is 5.97 Å². The topological polar surface area (TPSA) is 75.8 Å². The zero-order chi connectivity index (χ0) is 13.1. The predicted molar refractivity (Wildman–Crippen MR) is 65.9 cm³/mol. The van der Waals surface area contributed by atoms with Crippen molar-refractivity contribution in [3.8, 4) is 0 Å². The molecule has 5 heteroatoms. The number of carbonyl (C=O) groups is 1. The number of aliphatic carboxylic acids is 1. The van der Waals surface area contributed by atoms with Crippen LogP contribution in [0.4, 0.5) is 0 Å². The summed E-state index contributed by atoms with van der Waals surface area (Å²) in [5.41, 5.74) is 4.58. The van der Waals surface area contributed by atoms with Gasteiger partial charge in [-0.15, -0.1) is 0 Å². The Balaban J connectivity index is 2.41. The van der Waals surface area contributed by atoms with E-state index in [1.165, 1.54) is 0 Å². The van der Waals surface area contributed by atoms with E-state index in [1.54, 1.807) is 14.0 Å². The Morgan fingerprint density at radius 1 is 1.65 bits per heavy atom. The fraction of sp³-hybridized carbons (Fsp3) is 0.917. The molecule has 3 atom stereocenters. The van der Waals surface area contributed by atoms with Gasteiger partial charge < -0.3 is 20.5 Å². The van der Waals surface area contributed by atoms with Gasteiger partial charge in [0.05, 0.1) is 6.10 Å². The minimum Gasteiger partial charge on any atom is -0.480 e. The number of rotatable bonds is 5. The number of ether oxygens (including phenoxy) is 1. The number of nitrogens with two attached hydrogens (primary N) is 1. The number of likely N-dealkylation sites (tertiary alicyclic amines) is 1. The maximum atomic E-state index is 10.9. The largest absolute Gasteiger partial charge is 0.480 e. The molecule has 1 fully saturated rings. The van der Waals surface area contributed by atoms with E-state index in [2.05, 4.69) is 11.8 Å². The lowest BCUT2D eigenvalue weighted by Crippen LogP contribution is -2.50. The Labute approximate surface area is 103 Å². The van der Waals surface area contributed by atoms with E-state index in [0.29, 0.717) is 18.9 Å². The average molecular weight is 244 g/mol. The molecular weight excluding hydrogens is 220 g/mol. The molecule has 0 saturated carbocycles. The second-order valence-corrected chi connectivity index (χ2v) is 5.31. The Hall–Kier alpha value is -0.650. The van der Waals surface area contributed by atoms with E-state index in [9.17, 15) is 4.79 Å². The molecule has 1 rings (SSSR count). The summed E-state index contributed by atoms with van der Waals surface area (Å²) in [6.07, 6.45) is 1.80. The van der Waals surface area contributed by atoms with Crippen LogP contribution in [-0.2, 0) is 9.53 Å². The molecule has 3 unspecified atom stereocenters. The van der Waals surface area contributed by atoms with E-state index in [-0.39, 0.29) is 6.10 Å². The van der Waals surface area contributed by atoms with Crippen LogP contribution in [0.3, 0.4) is 0 Å². The standard InChI is InChI=1S/C12H24N2O3/c1-9-4-6-14(8-10(9)17-3)7-5-12(2,13)11(15)16/h9-10H,4-8,13H2,1-3H3,(H,15,16). The van der Waals surface area contributed by atoms with Crippen molar-refractivity contribution in [3.63, 3.8) is 0 Å². The minimum atomic E-state index is -1.13. The highest BCUT2D eigenvalue weighted by molar-refractivity contribution is 5.77. The Morgan fingerprint density at radius 2 is 2.29 bits per heavy atom. The monoisotopic (exact) mass is 244 g/mol. The lowest BCUT2D eigenvalue weighted by Gasteiger charge is -2.37.